The van der Waals surface area contributed by atoms with Gasteiger partial charge in [0.1, 0.15) is 6.23 Å². The molecule has 5 bridgehead atoms. The highest BCUT2D eigenvalue weighted by Crippen LogP contribution is 2.68. The lowest BCUT2D eigenvalue weighted by molar-refractivity contribution is -0.211. The summed E-state index contributed by atoms with van der Waals surface area (Å²) in [6.07, 6.45) is 2.56. The van der Waals surface area contributed by atoms with Crippen LogP contribution in [0.3, 0.4) is 0 Å². The Kier molecular flexibility index (Phi) is 2.45. The summed E-state index contributed by atoms with van der Waals surface area (Å²) >= 11 is 0. The van der Waals surface area contributed by atoms with Crippen molar-refractivity contribution < 1.29 is 10.2 Å². The monoisotopic (exact) mass is 326 g/mol. The number of hydrogen-bond donors (Lipinski definition) is 2. The molecule has 7 rings (SSSR count). The quantitative estimate of drug-likeness (QED) is 0.822. The second-order valence-corrected chi connectivity index (χ2v) is 8.81. The SMILES string of the molecule is CC[C@@H]1[C@H]2C[C@@H]3[C@@H]4N(C)c5ccccc5[C@@]45C[C@H]([C@@H]2[C@H]5O)N3[C@H]1O. The average Bonchev–Trinajstić information content (AvgIpc) is 2.97. The largest absolute Gasteiger partial charge is 0.392 e. The summed E-state index contributed by atoms with van der Waals surface area (Å²) in [4.78, 5) is 4.83. The highest BCUT2D eigenvalue weighted by Gasteiger charge is 2.76. The lowest BCUT2D eigenvalue weighted by Gasteiger charge is -2.62. The molecule has 5 heterocycles. The first-order chi connectivity index (χ1) is 11.6. The number of fused-ring (bicyclic) bond motifs is 2. The van der Waals surface area contributed by atoms with Crippen LogP contribution >= 0.6 is 0 Å². The topological polar surface area (TPSA) is 46.9 Å². The number of hydrogen-bond acceptors (Lipinski definition) is 4. The number of aliphatic hydroxyl groups excluding tert-OH is 2. The molecule has 0 radical (unpaired) electrons. The predicted molar refractivity (Wildman–Crippen MR) is 91.7 cm³/mol. The van der Waals surface area contributed by atoms with Gasteiger partial charge < -0.3 is 15.1 Å². The van der Waals surface area contributed by atoms with Gasteiger partial charge in [0.2, 0.25) is 0 Å². The predicted octanol–water partition coefficient (Wildman–Crippen LogP) is 1.55. The summed E-state index contributed by atoms with van der Waals surface area (Å²) in [5.41, 5.74) is 2.51. The highest BCUT2D eigenvalue weighted by atomic mass is 16.3. The van der Waals surface area contributed by atoms with E-state index in [4.69, 9.17) is 0 Å². The van der Waals surface area contributed by atoms with Crippen LogP contribution in [0.25, 0.3) is 0 Å². The van der Waals surface area contributed by atoms with Gasteiger partial charge >= 0.3 is 0 Å². The molecule has 0 amide bonds. The molecule has 6 aliphatic rings. The number of rotatable bonds is 1. The first kappa shape index (κ1) is 14.1. The Hall–Kier alpha value is -1.10. The Balaban J connectivity index is 1.60. The van der Waals surface area contributed by atoms with Crippen molar-refractivity contribution in [1.82, 2.24) is 4.90 Å². The molecule has 1 spiro atoms. The summed E-state index contributed by atoms with van der Waals surface area (Å²) in [6, 6.07) is 9.70. The van der Waals surface area contributed by atoms with Crippen LogP contribution in [0.15, 0.2) is 24.3 Å². The van der Waals surface area contributed by atoms with Crippen molar-refractivity contribution in [2.24, 2.45) is 17.8 Å². The van der Waals surface area contributed by atoms with Crippen LogP contribution in [0, 0.1) is 17.8 Å². The van der Waals surface area contributed by atoms with E-state index in [0.717, 1.165) is 19.3 Å². The molecular formula is C20H26N2O2. The zero-order chi connectivity index (χ0) is 16.4. The van der Waals surface area contributed by atoms with E-state index in [1.165, 1.54) is 11.3 Å². The standard InChI is InChI=1S/C20H26N2O2/c1-3-10-11-8-14-17-20(12-6-4-5-7-13(12)21(17)2)9-15(16(11)18(20)23)22(14)19(10)24/h4-7,10-11,14-19,23-24H,3,8-9H2,1-2H3/t10-,11-,14-,15-,16-,17+,18-,19+,20+/m1/s1. The van der Waals surface area contributed by atoms with E-state index < -0.39 is 0 Å². The molecule has 10 atom stereocenters. The van der Waals surface area contributed by atoms with Gasteiger partial charge in [-0.05, 0) is 36.8 Å². The van der Waals surface area contributed by atoms with Gasteiger partial charge in [0.15, 0.2) is 0 Å². The molecule has 1 saturated carbocycles. The van der Waals surface area contributed by atoms with E-state index in [9.17, 15) is 10.2 Å². The Morgan fingerprint density at radius 3 is 2.79 bits per heavy atom. The molecular weight excluding hydrogens is 300 g/mol. The summed E-state index contributed by atoms with van der Waals surface area (Å²) in [5.74, 6) is 1.14. The van der Waals surface area contributed by atoms with Crippen LogP contribution in [0.2, 0.25) is 0 Å². The summed E-state index contributed by atoms with van der Waals surface area (Å²) in [7, 11) is 2.19. The number of aliphatic hydroxyl groups is 2. The maximum Gasteiger partial charge on any atom is 0.111 e. The van der Waals surface area contributed by atoms with Gasteiger partial charge in [0.25, 0.3) is 0 Å². The Bertz CT molecular complexity index is 723. The van der Waals surface area contributed by atoms with Crippen molar-refractivity contribution in [3.05, 3.63) is 29.8 Å². The third-order valence-corrected chi connectivity index (χ3v) is 8.46. The molecule has 1 aromatic rings. The number of para-hydroxylation sites is 1. The number of likely N-dealkylation sites (N-methyl/N-ethyl adjacent to an activating group) is 1. The smallest absolute Gasteiger partial charge is 0.111 e. The van der Waals surface area contributed by atoms with Crippen LogP contribution in [0.5, 0.6) is 0 Å². The van der Waals surface area contributed by atoms with Crippen molar-refractivity contribution in [3.8, 4) is 0 Å². The van der Waals surface area contributed by atoms with E-state index in [1.54, 1.807) is 0 Å². The fourth-order valence-electron chi connectivity index (χ4n) is 7.88. The number of benzene rings is 1. The van der Waals surface area contributed by atoms with Crippen LogP contribution < -0.4 is 4.90 Å². The van der Waals surface area contributed by atoms with E-state index in [1.807, 2.05) is 0 Å². The van der Waals surface area contributed by atoms with E-state index in [-0.39, 0.29) is 17.7 Å². The molecule has 4 nitrogen and oxygen atoms in total. The summed E-state index contributed by atoms with van der Waals surface area (Å²) < 4.78 is 0. The molecule has 5 aliphatic heterocycles. The fraction of sp³-hybridized carbons (Fsp3) is 0.700. The van der Waals surface area contributed by atoms with Gasteiger partial charge in [-0.25, -0.2) is 0 Å². The minimum atomic E-state index is -0.319. The van der Waals surface area contributed by atoms with E-state index >= 15 is 0 Å². The maximum absolute atomic E-state index is 11.6. The maximum atomic E-state index is 11.6. The number of anilines is 1. The van der Waals surface area contributed by atoms with Gasteiger partial charge in [0.05, 0.1) is 12.1 Å². The summed E-state index contributed by atoms with van der Waals surface area (Å²) in [6.45, 7) is 2.19. The zero-order valence-electron chi connectivity index (χ0n) is 14.3. The minimum Gasteiger partial charge on any atom is -0.392 e. The number of piperidine rings is 4. The Labute approximate surface area is 143 Å². The highest BCUT2D eigenvalue weighted by molar-refractivity contribution is 5.67. The third kappa shape index (κ3) is 1.20. The second-order valence-electron chi connectivity index (χ2n) is 8.81. The molecule has 1 unspecified atom stereocenters. The van der Waals surface area contributed by atoms with Crippen LogP contribution in [-0.2, 0) is 5.41 Å². The Morgan fingerprint density at radius 1 is 1.21 bits per heavy atom. The van der Waals surface area contributed by atoms with Gasteiger partial charge in [0, 0.05) is 42.1 Å². The van der Waals surface area contributed by atoms with Gasteiger partial charge in [-0.3, -0.25) is 4.90 Å². The lowest BCUT2D eigenvalue weighted by Crippen LogP contribution is -2.72. The van der Waals surface area contributed by atoms with Crippen molar-refractivity contribution in [1.29, 1.82) is 0 Å². The van der Waals surface area contributed by atoms with Gasteiger partial charge in [-0.1, -0.05) is 25.1 Å². The molecule has 24 heavy (non-hydrogen) atoms. The molecule has 1 aromatic carbocycles. The van der Waals surface area contributed by atoms with Gasteiger partial charge in [-0.2, -0.15) is 0 Å². The molecule has 128 valence electrons. The second kappa shape index (κ2) is 4.17. The first-order valence-corrected chi connectivity index (χ1v) is 9.57. The van der Waals surface area contributed by atoms with Crippen LogP contribution in [0.4, 0.5) is 5.69 Å². The lowest BCUT2D eigenvalue weighted by atomic mass is 9.62. The van der Waals surface area contributed by atoms with E-state index in [2.05, 4.69) is 48.0 Å². The molecule has 4 saturated heterocycles. The molecule has 5 fully saturated rings. The van der Waals surface area contributed by atoms with Gasteiger partial charge in [-0.15, -0.1) is 0 Å². The summed E-state index contributed by atoms with van der Waals surface area (Å²) in [5, 5.41) is 22.6. The minimum absolute atomic E-state index is 0.126. The van der Waals surface area contributed by atoms with Crippen LogP contribution in [0.1, 0.15) is 31.7 Å². The molecule has 4 heteroatoms. The normalized spacial score (nSPS) is 55.8. The molecule has 1 aliphatic carbocycles. The average molecular weight is 326 g/mol. The molecule has 2 N–H and O–H groups in total. The van der Waals surface area contributed by atoms with E-state index in [0.29, 0.717) is 35.9 Å². The van der Waals surface area contributed by atoms with Crippen molar-refractivity contribution in [3.63, 3.8) is 0 Å². The Morgan fingerprint density at radius 2 is 2.00 bits per heavy atom. The first-order valence-electron chi connectivity index (χ1n) is 9.57. The van der Waals surface area contributed by atoms with Crippen molar-refractivity contribution >= 4 is 5.69 Å². The van der Waals surface area contributed by atoms with Crippen molar-refractivity contribution in [2.75, 3.05) is 11.9 Å². The van der Waals surface area contributed by atoms with Crippen molar-refractivity contribution in [2.45, 2.75) is 62.1 Å². The third-order valence-electron chi connectivity index (χ3n) is 8.46. The number of nitrogens with zero attached hydrogens (tertiary/aromatic N) is 2. The fourth-order valence-corrected chi connectivity index (χ4v) is 7.88. The zero-order valence-corrected chi connectivity index (χ0v) is 14.3. The molecule has 0 aromatic heterocycles. The van der Waals surface area contributed by atoms with Crippen LogP contribution in [-0.4, -0.2) is 52.6 Å².